The second kappa shape index (κ2) is 6.82. The Morgan fingerprint density at radius 1 is 1.53 bits per heavy atom. The minimum absolute atomic E-state index is 0.562. The van der Waals surface area contributed by atoms with Gasteiger partial charge in [-0.1, -0.05) is 0 Å². The maximum absolute atomic E-state index is 5.50. The molecular formula is C10H18ClN3O. The zero-order valence-corrected chi connectivity index (χ0v) is 10.1. The Labute approximate surface area is 95.8 Å². The van der Waals surface area contributed by atoms with Crippen LogP contribution in [0.5, 0.6) is 0 Å². The van der Waals surface area contributed by atoms with Crippen molar-refractivity contribution in [2.24, 2.45) is 7.05 Å². The largest absolute Gasteiger partial charge is 0.379 e. The van der Waals surface area contributed by atoms with Crippen LogP contribution in [0.15, 0.2) is 12.4 Å². The van der Waals surface area contributed by atoms with Crippen LogP contribution in [0.2, 0.25) is 0 Å². The Bertz CT molecular complexity index is 277. The second-order valence-corrected chi connectivity index (χ2v) is 3.94. The Balaban J connectivity index is 2.15. The molecule has 0 unspecified atom stereocenters. The summed E-state index contributed by atoms with van der Waals surface area (Å²) in [6.45, 7) is 3.16. The van der Waals surface area contributed by atoms with Crippen LogP contribution in [-0.2, 0) is 18.3 Å². The van der Waals surface area contributed by atoms with Crippen molar-refractivity contribution in [2.75, 3.05) is 32.7 Å². The van der Waals surface area contributed by atoms with E-state index >= 15 is 0 Å². The number of likely N-dealkylation sites (N-methyl/N-ethyl adjacent to an activating group) is 1. The van der Waals surface area contributed by atoms with Gasteiger partial charge in [-0.3, -0.25) is 9.58 Å². The van der Waals surface area contributed by atoms with Gasteiger partial charge in [-0.05, 0) is 7.05 Å². The van der Waals surface area contributed by atoms with Crippen LogP contribution in [0.4, 0.5) is 0 Å². The van der Waals surface area contributed by atoms with Crippen molar-refractivity contribution < 1.29 is 4.74 Å². The summed E-state index contributed by atoms with van der Waals surface area (Å²) < 4.78 is 7.11. The van der Waals surface area contributed by atoms with Crippen molar-refractivity contribution in [1.29, 1.82) is 0 Å². The molecule has 0 fully saturated rings. The summed E-state index contributed by atoms with van der Waals surface area (Å²) in [4.78, 5) is 2.20. The standard InChI is InChI=1S/C10H18ClN3O/c1-13(4-6-15-5-3-11)8-10-7-12-14(2)9-10/h7,9H,3-6,8H2,1-2H3. The molecule has 1 aromatic rings. The highest BCUT2D eigenvalue weighted by Crippen LogP contribution is 2.00. The lowest BCUT2D eigenvalue weighted by molar-refractivity contribution is 0.121. The number of aromatic nitrogens is 2. The summed E-state index contributed by atoms with van der Waals surface area (Å²) >= 11 is 5.50. The number of halogens is 1. The third-order valence-corrected chi connectivity index (χ3v) is 2.20. The van der Waals surface area contributed by atoms with E-state index in [1.54, 1.807) is 0 Å². The number of aryl methyl sites for hydroxylation is 1. The van der Waals surface area contributed by atoms with Crippen LogP contribution in [0, 0.1) is 0 Å². The molecule has 0 radical (unpaired) electrons. The molecule has 0 N–H and O–H groups in total. The summed E-state index contributed by atoms with van der Waals surface area (Å²) in [7, 11) is 3.99. The first-order chi connectivity index (χ1) is 7.22. The van der Waals surface area contributed by atoms with Crippen LogP contribution >= 0.6 is 11.6 Å². The summed E-state index contributed by atoms with van der Waals surface area (Å²) in [5, 5.41) is 4.12. The first kappa shape index (κ1) is 12.5. The third-order valence-electron chi connectivity index (χ3n) is 2.05. The molecule has 1 heterocycles. The summed E-state index contributed by atoms with van der Waals surface area (Å²) in [6.07, 6.45) is 3.91. The van der Waals surface area contributed by atoms with Gasteiger partial charge in [0.15, 0.2) is 0 Å². The van der Waals surface area contributed by atoms with Gasteiger partial charge in [0, 0.05) is 37.8 Å². The maximum Gasteiger partial charge on any atom is 0.0602 e. The Morgan fingerprint density at radius 3 is 2.93 bits per heavy atom. The van der Waals surface area contributed by atoms with Crippen LogP contribution in [0.3, 0.4) is 0 Å². The van der Waals surface area contributed by atoms with Crippen molar-refractivity contribution >= 4 is 11.6 Å². The molecule has 86 valence electrons. The highest BCUT2D eigenvalue weighted by Gasteiger charge is 2.01. The summed E-state index contributed by atoms with van der Waals surface area (Å²) in [5.74, 6) is 0.562. The molecular weight excluding hydrogens is 214 g/mol. The van der Waals surface area contributed by atoms with Crippen molar-refractivity contribution in [1.82, 2.24) is 14.7 Å². The molecule has 0 aliphatic heterocycles. The van der Waals surface area contributed by atoms with E-state index in [4.69, 9.17) is 16.3 Å². The van der Waals surface area contributed by atoms with Crippen LogP contribution in [-0.4, -0.2) is 47.4 Å². The summed E-state index contributed by atoms with van der Waals surface area (Å²) in [6, 6.07) is 0. The molecule has 0 aliphatic rings. The lowest BCUT2D eigenvalue weighted by Gasteiger charge is -2.15. The molecule has 1 aromatic heterocycles. The molecule has 0 bridgehead atoms. The van der Waals surface area contributed by atoms with E-state index in [0.29, 0.717) is 12.5 Å². The van der Waals surface area contributed by atoms with Gasteiger partial charge in [0.05, 0.1) is 19.4 Å². The zero-order valence-electron chi connectivity index (χ0n) is 9.32. The van der Waals surface area contributed by atoms with Crippen molar-refractivity contribution in [2.45, 2.75) is 6.54 Å². The number of ether oxygens (including phenoxy) is 1. The number of hydrogen-bond donors (Lipinski definition) is 0. The lowest BCUT2D eigenvalue weighted by atomic mass is 10.3. The normalized spacial score (nSPS) is 11.2. The highest BCUT2D eigenvalue weighted by molar-refractivity contribution is 6.17. The summed E-state index contributed by atoms with van der Waals surface area (Å²) in [5.41, 5.74) is 1.22. The first-order valence-electron chi connectivity index (χ1n) is 5.02. The average molecular weight is 232 g/mol. The molecule has 0 spiro atoms. The lowest BCUT2D eigenvalue weighted by Crippen LogP contribution is -2.22. The van der Waals surface area contributed by atoms with Gasteiger partial charge < -0.3 is 4.74 Å². The quantitative estimate of drug-likeness (QED) is 0.520. The number of rotatable bonds is 7. The maximum atomic E-state index is 5.50. The Hall–Kier alpha value is -0.580. The fourth-order valence-corrected chi connectivity index (χ4v) is 1.43. The predicted octanol–water partition coefficient (Wildman–Crippen LogP) is 1.11. The van der Waals surface area contributed by atoms with Crippen molar-refractivity contribution in [3.05, 3.63) is 18.0 Å². The van der Waals surface area contributed by atoms with E-state index in [9.17, 15) is 0 Å². The number of nitrogens with zero attached hydrogens (tertiary/aromatic N) is 3. The highest BCUT2D eigenvalue weighted by atomic mass is 35.5. The fraction of sp³-hybridized carbons (Fsp3) is 0.700. The molecule has 4 nitrogen and oxygen atoms in total. The minimum Gasteiger partial charge on any atom is -0.379 e. The van der Waals surface area contributed by atoms with Gasteiger partial charge in [-0.2, -0.15) is 5.10 Å². The van der Waals surface area contributed by atoms with Gasteiger partial charge >= 0.3 is 0 Å². The molecule has 0 aromatic carbocycles. The Morgan fingerprint density at radius 2 is 2.33 bits per heavy atom. The molecule has 0 saturated carbocycles. The molecule has 0 amide bonds. The van der Waals surface area contributed by atoms with Crippen LogP contribution in [0.25, 0.3) is 0 Å². The molecule has 1 rings (SSSR count). The third kappa shape index (κ3) is 5.16. The number of hydrogen-bond acceptors (Lipinski definition) is 3. The monoisotopic (exact) mass is 231 g/mol. The molecule has 0 saturated heterocycles. The van der Waals surface area contributed by atoms with E-state index in [0.717, 1.165) is 19.7 Å². The van der Waals surface area contributed by atoms with Crippen LogP contribution in [0.1, 0.15) is 5.56 Å². The van der Waals surface area contributed by atoms with E-state index in [1.807, 2.05) is 24.1 Å². The van der Waals surface area contributed by atoms with Crippen molar-refractivity contribution in [3.63, 3.8) is 0 Å². The Kier molecular flexibility index (Phi) is 5.68. The van der Waals surface area contributed by atoms with Gasteiger partial charge in [-0.15, -0.1) is 11.6 Å². The van der Waals surface area contributed by atoms with E-state index in [-0.39, 0.29) is 0 Å². The topological polar surface area (TPSA) is 30.3 Å². The predicted molar refractivity (Wildman–Crippen MR) is 61.1 cm³/mol. The minimum atomic E-state index is 0.562. The molecule has 0 atom stereocenters. The molecule has 0 aliphatic carbocycles. The van der Waals surface area contributed by atoms with Crippen LogP contribution < -0.4 is 0 Å². The zero-order chi connectivity index (χ0) is 11.1. The van der Waals surface area contributed by atoms with Gasteiger partial charge in [-0.25, -0.2) is 0 Å². The van der Waals surface area contributed by atoms with E-state index in [1.165, 1.54) is 5.56 Å². The van der Waals surface area contributed by atoms with E-state index < -0.39 is 0 Å². The van der Waals surface area contributed by atoms with Gasteiger partial charge in [0.2, 0.25) is 0 Å². The molecule has 5 heteroatoms. The SMILES string of the molecule is CN(CCOCCCl)Cc1cnn(C)c1. The number of alkyl halides is 1. The molecule has 15 heavy (non-hydrogen) atoms. The van der Waals surface area contributed by atoms with Gasteiger partial charge in [0.25, 0.3) is 0 Å². The van der Waals surface area contributed by atoms with Crippen molar-refractivity contribution in [3.8, 4) is 0 Å². The second-order valence-electron chi connectivity index (χ2n) is 3.56. The first-order valence-corrected chi connectivity index (χ1v) is 5.55. The van der Waals surface area contributed by atoms with E-state index in [2.05, 4.69) is 17.0 Å². The van der Waals surface area contributed by atoms with Gasteiger partial charge in [0.1, 0.15) is 0 Å². The smallest absolute Gasteiger partial charge is 0.0602 e. The fourth-order valence-electron chi connectivity index (χ4n) is 1.32. The average Bonchev–Trinajstić information content (AvgIpc) is 2.59.